The number of nitrogens with one attached hydrogen (secondary N) is 2. The third kappa shape index (κ3) is 6.17. The van der Waals surface area contributed by atoms with Crippen LogP contribution in [0.4, 0.5) is 25.0 Å². The summed E-state index contributed by atoms with van der Waals surface area (Å²) < 4.78 is 32.8. The Balaban J connectivity index is 1.22. The topological polar surface area (TPSA) is 56.8 Å². The van der Waals surface area contributed by atoms with Crippen molar-refractivity contribution in [2.45, 2.75) is 57.7 Å². The monoisotopic (exact) mass is 472 g/mol. The quantitative estimate of drug-likeness (QED) is 0.621. The van der Waals surface area contributed by atoms with E-state index in [1.54, 1.807) is 0 Å². The SMILES string of the molecule is CC(C)Oc1ccccc1N1CCN([C@H]2CC[C@@H](NC(=O)Nc3ccc(F)cc3F)CC2)CC1. The standard InChI is InChI=1S/C26H34F2N4O2/c1-18(2)34-25-6-4-3-5-24(25)32-15-13-31(14-16-32)21-10-8-20(9-11-21)29-26(33)30-23-12-7-19(27)17-22(23)28/h3-7,12,17-18,20-21H,8-11,13-16H2,1-2H3,(H2,29,30,33)/t20-,21+. The average Bonchev–Trinajstić information content (AvgIpc) is 2.82. The van der Waals surface area contributed by atoms with Gasteiger partial charge in [-0.25, -0.2) is 13.6 Å². The van der Waals surface area contributed by atoms with Crippen LogP contribution >= 0.6 is 0 Å². The fourth-order valence-corrected chi connectivity index (χ4v) is 4.92. The van der Waals surface area contributed by atoms with Gasteiger partial charge in [0.05, 0.1) is 17.5 Å². The normalized spacial score (nSPS) is 21.4. The van der Waals surface area contributed by atoms with Crippen molar-refractivity contribution in [2.75, 3.05) is 36.4 Å². The summed E-state index contributed by atoms with van der Waals surface area (Å²) >= 11 is 0. The van der Waals surface area contributed by atoms with Gasteiger partial charge in [0.1, 0.15) is 17.4 Å². The molecule has 34 heavy (non-hydrogen) atoms. The predicted octanol–water partition coefficient (Wildman–Crippen LogP) is 5.01. The Hall–Kier alpha value is -2.87. The molecule has 2 amide bonds. The number of nitrogens with zero attached hydrogens (tertiary/aromatic N) is 2. The van der Waals surface area contributed by atoms with Gasteiger partial charge in [0.2, 0.25) is 0 Å². The molecule has 0 atom stereocenters. The number of para-hydroxylation sites is 2. The van der Waals surface area contributed by atoms with Gasteiger partial charge in [0.15, 0.2) is 0 Å². The summed E-state index contributed by atoms with van der Waals surface area (Å²) in [4.78, 5) is 17.2. The Labute approximate surface area is 200 Å². The van der Waals surface area contributed by atoms with Crippen molar-refractivity contribution >= 4 is 17.4 Å². The summed E-state index contributed by atoms with van der Waals surface area (Å²) in [7, 11) is 0. The third-order valence-electron chi connectivity index (χ3n) is 6.61. The third-order valence-corrected chi connectivity index (χ3v) is 6.61. The molecule has 4 rings (SSSR count). The number of urea groups is 1. The number of carbonyl (C=O) groups excluding carboxylic acids is 1. The van der Waals surface area contributed by atoms with Crippen LogP contribution in [0.25, 0.3) is 0 Å². The lowest BCUT2D eigenvalue weighted by molar-refractivity contribution is 0.137. The minimum Gasteiger partial charge on any atom is -0.489 e. The summed E-state index contributed by atoms with van der Waals surface area (Å²) in [6.07, 6.45) is 3.94. The number of anilines is 2. The van der Waals surface area contributed by atoms with Crippen LogP contribution in [0.2, 0.25) is 0 Å². The Kier molecular flexibility index (Phi) is 7.88. The van der Waals surface area contributed by atoms with Gasteiger partial charge >= 0.3 is 6.03 Å². The highest BCUT2D eigenvalue weighted by atomic mass is 19.1. The van der Waals surface area contributed by atoms with E-state index in [9.17, 15) is 13.6 Å². The van der Waals surface area contributed by atoms with Crippen molar-refractivity contribution in [1.29, 1.82) is 0 Å². The van der Waals surface area contributed by atoms with Gasteiger partial charge in [0.25, 0.3) is 0 Å². The summed E-state index contributed by atoms with van der Waals surface area (Å²) in [5, 5.41) is 5.41. The summed E-state index contributed by atoms with van der Waals surface area (Å²) in [5.41, 5.74) is 1.14. The van der Waals surface area contributed by atoms with Gasteiger partial charge in [0, 0.05) is 44.3 Å². The zero-order valence-corrected chi connectivity index (χ0v) is 19.9. The minimum atomic E-state index is -0.781. The maximum atomic E-state index is 13.8. The number of benzene rings is 2. The fourth-order valence-electron chi connectivity index (χ4n) is 4.92. The molecule has 0 unspecified atom stereocenters. The number of rotatable bonds is 6. The lowest BCUT2D eigenvalue weighted by Crippen LogP contribution is -2.52. The second-order valence-electron chi connectivity index (χ2n) is 9.39. The summed E-state index contributed by atoms with van der Waals surface area (Å²) in [5.74, 6) is -0.511. The zero-order valence-electron chi connectivity index (χ0n) is 19.9. The number of halogens is 2. The van der Waals surface area contributed by atoms with E-state index >= 15 is 0 Å². The van der Waals surface area contributed by atoms with Crippen LogP contribution in [0.1, 0.15) is 39.5 Å². The van der Waals surface area contributed by atoms with Crippen molar-refractivity contribution in [3.05, 3.63) is 54.1 Å². The van der Waals surface area contributed by atoms with Crippen molar-refractivity contribution in [3.63, 3.8) is 0 Å². The van der Waals surface area contributed by atoms with Gasteiger partial charge in [-0.3, -0.25) is 4.90 Å². The van der Waals surface area contributed by atoms with Crippen molar-refractivity contribution in [2.24, 2.45) is 0 Å². The highest BCUT2D eigenvalue weighted by Gasteiger charge is 2.29. The highest BCUT2D eigenvalue weighted by Crippen LogP contribution is 2.31. The Morgan fingerprint density at radius 2 is 1.71 bits per heavy atom. The van der Waals surface area contributed by atoms with Crippen LogP contribution < -0.4 is 20.3 Å². The van der Waals surface area contributed by atoms with Gasteiger partial charge < -0.3 is 20.3 Å². The number of hydrogen-bond donors (Lipinski definition) is 2. The molecule has 2 N–H and O–H groups in total. The molecule has 1 heterocycles. The molecule has 0 aromatic heterocycles. The molecule has 1 saturated heterocycles. The molecule has 1 saturated carbocycles. The first-order valence-corrected chi connectivity index (χ1v) is 12.2. The highest BCUT2D eigenvalue weighted by molar-refractivity contribution is 5.89. The maximum Gasteiger partial charge on any atom is 0.319 e. The first-order chi connectivity index (χ1) is 16.4. The average molecular weight is 473 g/mol. The lowest BCUT2D eigenvalue weighted by Gasteiger charge is -2.43. The van der Waals surface area contributed by atoms with Crippen molar-refractivity contribution in [3.8, 4) is 5.75 Å². The molecule has 0 radical (unpaired) electrons. The number of piperazine rings is 1. The molecule has 2 fully saturated rings. The van der Waals surface area contributed by atoms with Crippen LogP contribution in [0.3, 0.4) is 0 Å². The molecule has 2 aromatic rings. The lowest BCUT2D eigenvalue weighted by atomic mass is 9.90. The number of amides is 2. The van der Waals surface area contributed by atoms with E-state index in [1.165, 1.54) is 6.07 Å². The zero-order chi connectivity index (χ0) is 24.1. The molecule has 1 aliphatic carbocycles. The summed E-state index contributed by atoms with van der Waals surface area (Å²) in [6, 6.07) is 11.5. The van der Waals surface area contributed by atoms with Crippen molar-refractivity contribution in [1.82, 2.24) is 10.2 Å². The van der Waals surface area contributed by atoms with E-state index < -0.39 is 17.7 Å². The second-order valence-corrected chi connectivity index (χ2v) is 9.39. The van der Waals surface area contributed by atoms with Gasteiger partial charge in [-0.15, -0.1) is 0 Å². The van der Waals surface area contributed by atoms with E-state index in [1.807, 2.05) is 26.0 Å². The van der Waals surface area contributed by atoms with Crippen LogP contribution in [-0.4, -0.2) is 55.3 Å². The molecular formula is C26H34F2N4O2. The van der Waals surface area contributed by atoms with Crippen LogP contribution in [0.5, 0.6) is 5.75 Å². The molecule has 2 aliphatic rings. The van der Waals surface area contributed by atoms with Crippen LogP contribution in [0.15, 0.2) is 42.5 Å². The maximum absolute atomic E-state index is 13.8. The number of ether oxygens (including phenoxy) is 1. The molecule has 184 valence electrons. The van der Waals surface area contributed by atoms with Crippen LogP contribution in [-0.2, 0) is 0 Å². The largest absolute Gasteiger partial charge is 0.489 e. The molecule has 0 bridgehead atoms. The van der Waals surface area contributed by atoms with E-state index in [-0.39, 0.29) is 17.8 Å². The molecular weight excluding hydrogens is 438 g/mol. The minimum absolute atomic E-state index is 0.0224. The van der Waals surface area contributed by atoms with E-state index in [0.717, 1.165) is 75.4 Å². The predicted molar refractivity (Wildman–Crippen MR) is 131 cm³/mol. The van der Waals surface area contributed by atoms with E-state index in [0.29, 0.717) is 6.04 Å². The smallest absolute Gasteiger partial charge is 0.319 e. The Morgan fingerprint density at radius 1 is 1.00 bits per heavy atom. The second kappa shape index (κ2) is 11.0. The first-order valence-electron chi connectivity index (χ1n) is 12.2. The van der Waals surface area contributed by atoms with Gasteiger partial charge in [-0.05, 0) is 63.8 Å². The Morgan fingerprint density at radius 3 is 2.38 bits per heavy atom. The van der Waals surface area contributed by atoms with Crippen molar-refractivity contribution < 1.29 is 18.3 Å². The van der Waals surface area contributed by atoms with E-state index in [2.05, 4.69) is 32.6 Å². The van der Waals surface area contributed by atoms with Gasteiger partial charge in [-0.1, -0.05) is 12.1 Å². The molecule has 2 aromatic carbocycles. The molecule has 1 aliphatic heterocycles. The first kappa shape index (κ1) is 24.3. The Bertz CT molecular complexity index is 971. The number of hydrogen-bond acceptors (Lipinski definition) is 4. The van der Waals surface area contributed by atoms with Crippen LogP contribution in [0, 0.1) is 11.6 Å². The molecule has 6 nitrogen and oxygen atoms in total. The number of carbonyl (C=O) groups is 1. The van der Waals surface area contributed by atoms with Gasteiger partial charge in [-0.2, -0.15) is 0 Å². The molecule has 0 spiro atoms. The summed E-state index contributed by atoms with van der Waals surface area (Å²) in [6.45, 7) is 8.02. The molecule has 8 heteroatoms. The van der Waals surface area contributed by atoms with E-state index in [4.69, 9.17) is 4.74 Å². The fraction of sp³-hybridized carbons (Fsp3) is 0.500.